The van der Waals surface area contributed by atoms with E-state index in [0.717, 1.165) is 5.56 Å². The molecule has 1 atom stereocenters. The Bertz CT molecular complexity index is 768. The summed E-state index contributed by atoms with van der Waals surface area (Å²) in [5.41, 5.74) is 6.91. The van der Waals surface area contributed by atoms with Crippen molar-refractivity contribution in [3.8, 4) is 11.5 Å². The molecule has 0 aliphatic heterocycles. The number of carbonyl (C=O) groups is 2. The molecule has 0 fully saturated rings. The van der Waals surface area contributed by atoms with Crippen molar-refractivity contribution < 1.29 is 19.1 Å². The number of hydrogen-bond donors (Lipinski definition) is 1. The number of ether oxygens (including phenoxy) is 2. The molecule has 1 unspecified atom stereocenters. The predicted octanol–water partition coefficient (Wildman–Crippen LogP) is 3.04. The van der Waals surface area contributed by atoms with E-state index in [9.17, 15) is 9.59 Å². The molecular formula is C22H28N2O4. The lowest BCUT2D eigenvalue weighted by Crippen LogP contribution is -2.41. The predicted molar refractivity (Wildman–Crippen MR) is 109 cm³/mol. The number of rotatable bonds is 10. The molecule has 0 saturated carbocycles. The summed E-state index contributed by atoms with van der Waals surface area (Å²) in [6.45, 7) is 4.72. The van der Waals surface area contributed by atoms with Gasteiger partial charge in [0.1, 0.15) is 11.5 Å². The number of benzene rings is 2. The molecule has 0 bridgehead atoms. The quantitative estimate of drug-likeness (QED) is 0.683. The summed E-state index contributed by atoms with van der Waals surface area (Å²) in [5, 5.41) is 0. The van der Waals surface area contributed by atoms with E-state index < -0.39 is 5.91 Å². The topological polar surface area (TPSA) is 81.9 Å². The van der Waals surface area contributed by atoms with Gasteiger partial charge >= 0.3 is 0 Å². The third kappa shape index (κ3) is 6.01. The van der Waals surface area contributed by atoms with Crippen molar-refractivity contribution >= 4 is 11.8 Å². The Balaban J connectivity index is 2.28. The molecule has 150 valence electrons. The van der Waals surface area contributed by atoms with Crippen LogP contribution in [-0.2, 0) is 11.2 Å². The molecule has 0 radical (unpaired) electrons. The van der Waals surface area contributed by atoms with Crippen LogP contribution >= 0.6 is 0 Å². The van der Waals surface area contributed by atoms with Crippen molar-refractivity contribution in [1.82, 2.24) is 4.90 Å². The van der Waals surface area contributed by atoms with E-state index in [1.54, 1.807) is 30.1 Å². The monoisotopic (exact) mass is 384 g/mol. The van der Waals surface area contributed by atoms with Gasteiger partial charge in [0.05, 0.1) is 13.2 Å². The van der Waals surface area contributed by atoms with Crippen molar-refractivity contribution in [1.29, 1.82) is 0 Å². The van der Waals surface area contributed by atoms with Crippen LogP contribution in [0.2, 0.25) is 0 Å². The highest BCUT2D eigenvalue weighted by Crippen LogP contribution is 2.25. The first-order valence-electron chi connectivity index (χ1n) is 9.44. The zero-order valence-corrected chi connectivity index (χ0v) is 16.7. The Morgan fingerprint density at radius 1 is 1.00 bits per heavy atom. The molecule has 2 aromatic rings. The fourth-order valence-electron chi connectivity index (χ4n) is 3.03. The molecule has 0 aliphatic rings. The Morgan fingerprint density at radius 3 is 2.07 bits per heavy atom. The van der Waals surface area contributed by atoms with Gasteiger partial charge in [-0.25, -0.2) is 0 Å². The third-order valence-corrected chi connectivity index (χ3v) is 4.37. The second-order valence-corrected chi connectivity index (χ2v) is 6.49. The van der Waals surface area contributed by atoms with Crippen LogP contribution in [0.5, 0.6) is 11.5 Å². The number of hydrogen-bond acceptors (Lipinski definition) is 4. The van der Waals surface area contributed by atoms with E-state index in [0.29, 0.717) is 36.7 Å². The lowest BCUT2D eigenvalue weighted by atomic mass is 10.0. The molecule has 2 N–H and O–H groups in total. The smallest absolute Gasteiger partial charge is 0.254 e. The van der Waals surface area contributed by atoms with Crippen molar-refractivity contribution in [3.05, 3.63) is 59.7 Å². The average Bonchev–Trinajstić information content (AvgIpc) is 2.67. The minimum Gasteiger partial charge on any atom is -0.494 e. The van der Waals surface area contributed by atoms with E-state index in [2.05, 4.69) is 0 Å². The van der Waals surface area contributed by atoms with E-state index >= 15 is 0 Å². The Labute approximate surface area is 166 Å². The summed E-state index contributed by atoms with van der Waals surface area (Å²) in [4.78, 5) is 26.3. The molecule has 0 spiro atoms. The van der Waals surface area contributed by atoms with E-state index in [1.165, 1.54) is 0 Å². The molecule has 2 rings (SSSR count). The van der Waals surface area contributed by atoms with Crippen molar-refractivity contribution in [2.45, 2.75) is 32.7 Å². The van der Waals surface area contributed by atoms with Crippen LogP contribution in [-0.4, -0.2) is 43.0 Å². The minimum absolute atomic E-state index is 0.0839. The number of amides is 2. The first-order valence-corrected chi connectivity index (χ1v) is 9.44. The lowest BCUT2D eigenvalue weighted by Gasteiger charge is -2.28. The number of nitrogens with zero attached hydrogens (tertiary/aromatic N) is 1. The summed E-state index contributed by atoms with van der Waals surface area (Å²) >= 11 is 0. The molecule has 2 aromatic carbocycles. The Morgan fingerprint density at radius 2 is 1.57 bits per heavy atom. The fraction of sp³-hybridized carbons (Fsp3) is 0.364. The van der Waals surface area contributed by atoms with E-state index in [-0.39, 0.29) is 18.4 Å². The van der Waals surface area contributed by atoms with Gasteiger partial charge in [-0.3, -0.25) is 9.59 Å². The van der Waals surface area contributed by atoms with Crippen molar-refractivity contribution in [3.63, 3.8) is 0 Å². The fourth-order valence-corrected chi connectivity index (χ4v) is 3.03. The molecule has 0 aliphatic carbocycles. The lowest BCUT2D eigenvalue weighted by molar-refractivity contribution is -0.118. The highest BCUT2D eigenvalue weighted by atomic mass is 16.5. The highest BCUT2D eigenvalue weighted by Gasteiger charge is 2.24. The van der Waals surface area contributed by atoms with Gasteiger partial charge in [-0.05, 0) is 38.0 Å². The van der Waals surface area contributed by atoms with Gasteiger partial charge in [0.2, 0.25) is 5.91 Å². The maximum Gasteiger partial charge on any atom is 0.254 e. The van der Waals surface area contributed by atoms with E-state index in [1.807, 2.05) is 44.2 Å². The molecule has 0 heterocycles. The van der Waals surface area contributed by atoms with Gasteiger partial charge in [0.15, 0.2) is 0 Å². The average molecular weight is 384 g/mol. The molecule has 6 nitrogen and oxygen atoms in total. The summed E-state index contributed by atoms with van der Waals surface area (Å²) in [5.74, 6) is 0.475. The molecule has 0 saturated heterocycles. The Kier molecular flexibility index (Phi) is 7.87. The number of likely N-dealkylation sites (N-methyl/N-ethyl adjacent to an activating group) is 1. The van der Waals surface area contributed by atoms with Crippen LogP contribution in [0.3, 0.4) is 0 Å². The first-order chi connectivity index (χ1) is 13.4. The second-order valence-electron chi connectivity index (χ2n) is 6.49. The van der Waals surface area contributed by atoms with Gasteiger partial charge in [-0.2, -0.15) is 0 Å². The van der Waals surface area contributed by atoms with Crippen molar-refractivity contribution in [2.24, 2.45) is 5.73 Å². The summed E-state index contributed by atoms with van der Waals surface area (Å²) < 4.78 is 11.1. The number of carbonyl (C=O) groups excluding carboxylic acids is 2. The highest BCUT2D eigenvalue weighted by molar-refractivity contribution is 5.95. The molecule has 2 amide bonds. The van der Waals surface area contributed by atoms with Crippen LogP contribution in [0.4, 0.5) is 0 Å². The largest absolute Gasteiger partial charge is 0.494 e. The maximum atomic E-state index is 13.1. The normalized spacial score (nSPS) is 11.5. The first kappa shape index (κ1) is 21.3. The second kappa shape index (κ2) is 10.3. The number of primary amides is 1. The van der Waals surface area contributed by atoms with E-state index in [4.69, 9.17) is 15.2 Å². The van der Waals surface area contributed by atoms with Crippen molar-refractivity contribution in [2.75, 3.05) is 20.3 Å². The van der Waals surface area contributed by atoms with Crippen LogP contribution in [0.1, 0.15) is 36.2 Å². The van der Waals surface area contributed by atoms with Crippen LogP contribution in [0, 0.1) is 0 Å². The van der Waals surface area contributed by atoms with Gasteiger partial charge in [0.25, 0.3) is 5.91 Å². The minimum atomic E-state index is -0.446. The standard InChI is InChI=1S/C22H28N2O4/c1-4-27-19-12-17(13-20(15-19)28-5-2)22(26)24(3)18(14-21(23)25)11-16-9-7-6-8-10-16/h6-10,12-13,15,18H,4-5,11,14H2,1-3H3,(H2,23,25). The summed E-state index contributed by atoms with van der Waals surface area (Å²) in [6, 6.07) is 14.5. The third-order valence-electron chi connectivity index (χ3n) is 4.37. The Hall–Kier alpha value is -3.02. The molecular weight excluding hydrogens is 356 g/mol. The van der Waals surface area contributed by atoms with Crippen LogP contribution < -0.4 is 15.2 Å². The zero-order chi connectivity index (χ0) is 20.5. The molecule has 28 heavy (non-hydrogen) atoms. The maximum absolute atomic E-state index is 13.1. The van der Waals surface area contributed by atoms with Gasteiger partial charge in [-0.15, -0.1) is 0 Å². The number of nitrogens with two attached hydrogens (primary N) is 1. The van der Waals surface area contributed by atoms with Crippen LogP contribution in [0.25, 0.3) is 0 Å². The van der Waals surface area contributed by atoms with Gasteiger partial charge in [0, 0.05) is 31.1 Å². The van der Waals surface area contributed by atoms with Crippen LogP contribution in [0.15, 0.2) is 48.5 Å². The molecule has 0 aromatic heterocycles. The van der Waals surface area contributed by atoms with Gasteiger partial charge in [-0.1, -0.05) is 30.3 Å². The summed E-state index contributed by atoms with van der Waals surface area (Å²) in [7, 11) is 1.69. The van der Waals surface area contributed by atoms with Gasteiger partial charge < -0.3 is 20.1 Å². The SMILES string of the molecule is CCOc1cc(OCC)cc(C(=O)N(C)C(CC(N)=O)Cc2ccccc2)c1. The zero-order valence-electron chi connectivity index (χ0n) is 16.7. The molecule has 6 heteroatoms. The summed E-state index contributed by atoms with van der Waals surface area (Å²) in [6.07, 6.45) is 0.621.